The second kappa shape index (κ2) is 6.93. The molecule has 23 heavy (non-hydrogen) atoms. The second-order valence-electron chi connectivity index (χ2n) is 6.46. The van der Waals surface area contributed by atoms with E-state index in [0.29, 0.717) is 0 Å². The van der Waals surface area contributed by atoms with Gasteiger partial charge < -0.3 is 9.72 Å². The van der Waals surface area contributed by atoms with Crippen LogP contribution in [-0.2, 0) is 17.8 Å². The van der Waals surface area contributed by atoms with Crippen LogP contribution in [0.1, 0.15) is 44.6 Å². The lowest BCUT2D eigenvalue weighted by Gasteiger charge is -2.20. The van der Waals surface area contributed by atoms with Crippen LogP contribution in [0.3, 0.4) is 0 Å². The van der Waals surface area contributed by atoms with Crippen LogP contribution in [0.25, 0.3) is 11.7 Å². The normalized spacial score (nSPS) is 12.2. The summed E-state index contributed by atoms with van der Waals surface area (Å²) in [5.41, 5.74) is 5.52. The van der Waals surface area contributed by atoms with Crippen LogP contribution in [0.4, 0.5) is 0 Å². The van der Waals surface area contributed by atoms with Crippen molar-refractivity contribution in [2.75, 3.05) is 0 Å². The number of nitrogens with zero attached hydrogens (tertiary/aromatic N) is 2. The van der Waals surface area contributed by atoms with E-state index in [1.807, 2.05) is 18.3 Å². The molecule has 0 atom stereocenters. The Balaban J connectivity index is 2.34. The van der Waals surface area contributed by atoms with E-state index in [1.54, 1.807) is 11.6 Å². The van der Waals surface area contributed by atoms with Crippen molar-refractivity contribution in [3.63, 3.8) is 0 Å². The summed E-state index contributed by atoms with van der Waals surface area (Å²) >= 11 is 0. The Kier molecular flexibility index (Phi) is 5.18. The van der Waals surface area contributed by atoms with Crippen molar-refractivity contribution < 1.29 is 10.0 Å². The van der Waals surface area contributed by atoms with E-state index in [1.165, 1.54) is 6.08 Å². The predicted molar refractivity (Wildman–Crippen MR) is 90.1 cm³/mol. The summed E-state index contributed by atoms with van der Waals surface area (Å²) in [6.07, 6.45) is 5.73. The molecule has 2 aromatic rings. The van der Waals surface area contributed by atoms with Crippen molar-refractivity contribution in [3.8, 4) is 0 Å². The first-order chi connectivity index (χ1) is 10.8. The van der Waals surface area contributed by atoms with Gasteiger partial charge in [0, 0.05) is 24.4 Å². The Hall–Kier alpha value is -2.18. The molecule has 0 saturated carbocycles. The van der Waals surface area contributed by atoms with Gasteiger partial charge in [-0.15, -0.1) is 0 Å². The minimum absolute atomic E-state index is 0.0372. The number of pyridine rings is 1. The number of fused-ring (bicyclic) bond motifs is 1. The number of hydrogen-bond acceptors (Lipinski definition) is 4. The molecule has 2 heterocycles. The van der Waals surface area contributed by atoms with Gasteiger partial charge in [-0.05, 0) is 51.0 Å². The maximum atomic E-state index is 11.1. The molecule has 0 unspecified atom stereocenters. The molecule has 0 spiro atoms. The zero-order valence-corrected chi connectivity index (χ0v) is 14.1. The SMILES string of the molecule is CCc1nc2cc(C=CC(=O)NO)ccn2c1CNC(C)(C)C. The molecular formula is C17H24N4O2. The van der Waals surface area contributed by atoms with Gasteiger partial charge in [-0.25, -0.2) is 10.5 Å². The molecule has 124 valence electrons. The van der Waals surface area contributed by atoms with Gasteiger partial charge in [0.25, 0.3) is 5.91 Å². The Morgan fingerprint density at radius 3 is 2.78 bits per heavy atom. The summed E-state index contributed by atoms with van der Waals surface area (Å²) in [6, 6.07) is 3.83. The molecule has 0 aromatic carbocycles. The third kappa shape index (κ3) is 4.40. The molecule has 6 heteroatoms. The highest BCUT2D eigenvalue weighted by atomic mass is 16.5. The van der Waals surface area contributed by atoms with Crippen LogP contribution in [0.5, 0.6) is 0 Å². The van der Waals surface area contributed by atoms with Gasteiger partial charge in [-0.2, -0.15) is 0 Å². The highest BCUT2D eigenvalue weighted by Gasteiger charge is 2.14. The van der Waals surface area contributed by atoms with E-state index in [-0.39, 0.29) is 5.54 Å². The maximum absolute atomic E-state index is 11.1. The number of amides is 1. The second-order valence-corrected chi connectivity index (χ2v) is 6.46. The van der Waals surface area contributed by atoms with Crippen LogP contribution in [0.15, 0.2) is 24.4 Å². The average Bonchev–Trinajstić information content (AvgIpc) is 2.86. The molecule has 1 amide bonds. The summed E-state index contributed by atoms with van der Waals surface area (Å²) in [5, 5.41) is 12.0. The molecule has 0 aliphatic rings. The Morgan fingerprint density at radius 2 is 2.17 bits per heavy atom. The number of imidazole rings is 1. The van der Waals surface area contributed by atoms with Crippen molar-refractivity contribution in [1.82, 2.24) is 20.2 Å². The minimum Gasteiger partial charge on any atom is -0.306 e. The molecule has 0 bridgehead atoms. The third-order valence-electron chi connectivity index (χ3n) is 3.49. The van der Waals surface area contributed by atoms with E-state index in [0.717, 1.165) is 35.6 Å². The van der Waals surface area contributed by atoms with Gasteiger partial charge in [0.15, 0.2) is 0 Å². The van der Waals surface area contributed by atoms with E-state index in [2.05, 4.69) is 42.4 Å². The minimum atomic E-state index is -0.558. The summed E-state index contributed by atoms with van der Waals surface area (Å²) < 4.78 is 2.07. The molecular weight excluding hydrogens is 292 g/mol. The largest absolute Gasteiger partial charge is 0.306 e. The smallest absolute Gasteiger partial charge is 0.267 e. The van der Waals surface area contributed by atoms with Gasteiger partial charge in [-0.1, -0.05) is 6.92 Å². The summed E-state index contributed by atoms with van der Waals surface area (Å²) in [4.78, 5) is 15.7. The van der Waals surface area contributed by atoms with E-state index in [4.69, 9.17) is 5.21 Å². The third-order valence-corrected chi connectivity index (χ3v) is 3.49. The first-order valence-corrected chi connectivity index (χ1v) is 7.71. The maximum Gasteiger partial charge on any atom is 0.267 e. The van der Waals surface area contributed by atoms with Crippen molar-refractivity contribution in [1.29, 1.82) is 0 Å². The Morgan fingerprint density at radius 1 is 1.43 bits per heavy atom. The summed E-state index contributed by atoms with van der Waals surface area (Å²) in [5.74, 6) is -0.558. The van der Waals surface area contributed by atoms with Gasteiger partial charge in [-0.3, -0.25) is 10.0 Å². The highest BCUT2D eigenvalue weighted by Crippen LogP contribution is 2.17. The van der Waals surface area contributed by atoms with Crippen molar-refractivity contribution >= 4 is 17.6 Å². The summed E-state index contributed by atoms with van der Waals surface area (Å²) in [7, 11) is 0. The highest BCUT2D eigenvalue weighted by molar-refractivity contribution is 5.90. The van der Waals surface area contributed by atoms with Crippen molar-refractivity contribution in [3.05, 3.63) is 41.4 Å². The number of nitrogens with one attached hydrogen (secondary N) is 2. The number of rotatable bonds is 5. The topological polar surface area (TPSA) is 78.7 Å². The molecule has 0 aliphatic heterocycles. The number of hydrogen-bond donors (Lipinski definition) is 3. The average molecular weight is 316 g/mol. The van der Waals surface area contributed by atoms with E-state index >= 15 is 0 Å². The lowest BCUT2D eigenvalue weighted by atomic mass is 10.1. The van der Waals surface area contributed by atoms with Gasteiger partial charge in [0.05, 0.1) is 11.4 Å². The quantitative estimate of drug-likeness (QED) is 0.449. The van der Waals surface area contributed by atoms with Gasteiger partial charge in [0.2, 0.25) is 0 Å². The fourth-order valence-corrected chi connectivity index (χ4v) is 2.29. The fourth-order valence-electron chi connectivity index (χ4n) is 2.29. The monoisotopic (exact) mass is 316 g/mol. The van der Waals surface area contributed by atoms with Crippen molar-refractivity contribution in [2.45, 2.75) is 46.2 Å². The first-order valence-electron chi connectivity index (χ1n) is 7.71. The molecule has 0 radical (unpaired) electrons. The number of aryl methyl sites for hydroxylation is 1. The van der Waals surface area contributed by atoms with Crippen LogP contribution < -0.4 is 10.8 Å². The lowest BCUT2D eigenvalue weighted by Crippen LogP contribution is -2.35. The number of carbonyl (C=O) groups excluding carboxylic acids is 1. The number of carbonyl (C=O) groups is 1. The molecule has 2 rings (SSSR count). The zero-order chi connectivity index (χ0) is 17.0. The Labute approximate surface area is 136 Å². The number of hydroxylamine groups is 1. The Bertz CT molecular complexity index is 726. The van der Waals surface area contributed by atoms with Gasteiger partial charge in [0.1, 0.15) is 5.65 Å². The van der Waals surface area contributed by atoms with E-state index < -0.39 is 5.91 Å². The first kappa shape index (κ1) is 17.2. The standard InChI is InChI=1S/C17H24N4O2/c1-5-13-14(11-18-17(2,3)4)21-9-8-12(10-15(21)19-13)6-7-16(22)20-23/h6-10,18,23H,5,11H2,1-4H3,(H,20,22). The lowest BCUT2D eigenvalue weighted by molar-refractivity contribution is -0.124. The molecule has 3 N–H and O–H groups in total. The predicted octanol–water partition coefficient (Wildman–Crippen LogP) is 2.30. The van der Waals surface area contributed by atoms with Crippen LogP contribution in [0, 0.1) is 0 Å². The molecule has 0 fully saturated rings. The molecule has 0 aliphatic carbocycles. The van der Waals surface area contributed by atoms with Crippen LogP contribution in [-0.4, -0.2) is 26.0 Å². The zero-order valence-electron chi connectivity index (χ0n) is 14.1. The van der Waals surface area contributed by atoms with Crippen LogP contribution in [0.2, 0.25) is 0 Å². The van der Waals surface area contributed by atoms with Gasteiger partial charge >= 0.3 is 0 Å². The van der Waals surface area contributed by atoms with Crippen LogP contribution >= 0.6 is 0 Å². The van der Waals surface area contributed by atoms with Crippen molar-refractivity contribution in [2.24, 2.45) is 0 Å². The summed E-state index contributed by atoms with van der Waals surface area (Å²) in [6.45, 7) is 9.25. The number of aromatic nitrogens is 2. The molecule has 2 aromatic heterocycles. The van der Waals surface area contributed by atoms with E-state index in [9.17, 15) is 4.79 Å². The fraction of sp³-hybridized carbons (Fsp3) is 0.412. The molecule has 0 saturated heterocycles. The molecule has 6 nitrogen and oxygen atoms in total.